The fourth-order valence-electron chi connectivity index (χ4n) is 2.16. The van der Waals surface area contributed by atoms with E-state index in [0.29, 0.717) is 22.5 Å². The lowest BCUT2D eigenvalue weighted by molar-refractivity contribution is 0.316. The molecule has 0 radical (unpaired) electrons. The predicted molar refractivity (Wildman–Crippen MR) is 82.5 cm³/mol. The number of hydrogen-bond donors (Lipinski definition) is 1. The van der Waals surface area contributed by atoms with E-state index in [2.05, 4.69) is 31.9 Å². The fraction of sp³-hybridized carbons (Fsp3) is 0.500. The highest BCUT2D eigenvalue weighted by molar-refractivity contribution is 9.11. The summed E-state index contributed by atoms with van der Waals surface area (Å²) in [6.07, 6.45) is 1.69. The molecule has 1 aromatic rings. The van der Waals surface area contributed by atoms with Gasteiger partial charge in [0.2, 0.25) is 10.0 Å². The molecule has 1 saturated heterocycles. The fourth-order valence-corrected chi connectivity index (χ4v) is 5.33. The van der Waals surface area contributed by atoms with Gasteiger partial charge in [-0.1, -0.05) is 15.9 Å². The second kappa shape index (κ2) is 5.81. The molecular formula is C12H16Br2N2O2S. The Morgan fingerprint density at radius 3 is 2.63 bits per heavy atom. The van der Waals surface area contributed by atoms with Crippen molar-refractivity contribution in [1.29, 1.82) is 0 Å². The zero-order valence-electron chi connectivity index (χ0n) is 10.6. The standard InChI is InChI=1S/C12H16Br2N2O2S/c1-8-5-11(14)12(6-10(8)13)19(17,18)16-4-2-3-9(15)7-16/h5-6,9H,2-4,7,15H2,1H3/t9-/m1/s1. The van der Waals surface area contributed by atoms with Crippen LogP contribution in [-0.4, -0.2) is 31.9 Å². The van der Waals surface area contributed by atoms with Crippen molar-refractivity contribution in [2.45, 2.75) is 30.7 Å². The topological polar surface area (TPSA) is 63.4 Å². The van der Waals surface area contributed by atoms with E-state index in [0.717, 1.165) is 22.9 Å². The maximum atomic E-state index is 12.6. The molecule has 2 N–H and O–H groups in total. The molecule has 0 aromatic heterocycles. The number of rotatable bonds is 2. The number of nitrogens with two attached hydrogens (primary N) is 1. The van der Waals surface area contributed by atoms with Crippen LogP contribution in [0, 0.1) is 6.92 Å². The monoisotopic (exact) mass is 410 g/mol. The Morgan fingerprint density at radius 2 is 2.00 bits per heavy atom. The van der Waals surface area contributed by atoms with Crippen molar-refractivity contribution in [3.05, 3.63) is 26.6 Å². The van der Waals surface area contributed by atoms with Gasteiger partial charge < -0.3 is 5.73 Å². The summed E-state index contributed by atoms with van der Waals surface area (Å²) in [5.74, 6) is 0. The van der Waals surface area contributed by atoms with Crippen LogP contribution in [0.15, 0.2) is 26.0 Å². The third-order valence-corrected chi connectivity index (χ3v) is 6.93. The lowest BCUT2D eigenvalue weighted by Gasteiger charge is -2.30. The maximum Gasteiger partial charge on any atom is 0.244 e. The second-order valence-corrected chi connectivity index (χ2v) is 8.41. The van der Waals surface area contributed by atoms with Gasteiger partial charge in [0.15, 0.2) is 0 Å². The molecule has 19 heavy (non-hydrogen) atoms. The predicted octanol–water partition coefficient (Wildman–Crippen LogP) is 2.63. The minimum Gasteiger partial charge on any atom is -0.327 e. The summed E-state index contributed by atoms with van der Waals surface area (Å²) in [5, 5.41) is 0. The molecule has 0 aliphatic carbocycles. The van der Waals surface area contributed by atoms with Gasteiger partial charge in [-0.25, -0.2) is 8.42 Å². The first kappa shape index (κ1) is 15.4. The summed E-state index contributed by atoms with van der Waals surface area (Å²) in [7, 11) is -3.49. The van der Waals surface area contributed by atoms with Gasteiger partial charge in [0.1, 0.15) is 0 Å². The number of halogens is 2. The summed E-state index contributed by atoms with van der Waals surface area (Å²) in [4.78, 5) is 0.291. The average Bonchev–Trinajstić information content (AvgIpc) is 2.33. The largest absolute Gasteiger partial charge is 0.327 e. The van der Waals surface area contributed by atoms with Gasteiger partial charge >= 0.3 is 0 Å². The van der Waals surface area contributed by atoms with Gasteiger partial charge in [-0.05, 0) is 53.4 Å². The number of piperidine rings is 1. The maximum absolute atomic E-state index is 12.6. The number of benzene rings is 1. The second-order valence-electron chi connectivity index (χ2n) is 4.80. The van der Waals surface area contributed by atoms with E-state index in [1.807, 2.05) is 6.92 Å². The molecule has 0 spiro atoms. The minimum atomic E-state index is -3.49. The normalized spacial score (nSPS) is 21.6. The Hall–Kier alpha value is 0.0500. The molecule has 0 amide bonds. The van der Waals surface area contributed by atoms with Crippen LogP contribution in [0.1, 0.15) is 18.4 Å². The van der Waals surface area contributed by atoms with E-state index in [4.69, 9.17) is 5.73 Å². The van der Waals surface area contributed by atoms with Crippen LogP contribution in [0.3, 0.4) is 0 Å². The highest BCUT2D eigenvalue weighted by Crippen LogP contribution is 2.31. The molecule has 4 nitrogen and oxygen atoms in total. The summed E-state index contributed by atoms with van der Waals surface area (Å²) < 4.78 is 28.1. The quantitative estimate of drug-likeness (QED) is 0.813. The van der Waals surface area contributed by atoms with Crippen molar-refractivity contribution in [2.75, 3.05) is 13.1 Å². The third kappa shape index (κ3) is 3.21. The molecule has 106 valence electrons. The molecule has 1 fully saturated rings. The van der Waals surface area contributed by atoms with Crippen LogP contribution in [-0.2, 0) is 10.0 Å². The van der Waals surface area contributed by atoms with Gasteiger partial charge in [-0.2, -0.15) is 4.31 Å². The number of nitrogens with zero attached hydrogens (tertiary/aromatic N) is 1. The van der Waals surface area contributed by atoms with Crippen molar-refractivity contribution < 1.29 is 8.42 Å². The Labute approximate surface area is 130 Å². The van der Waals surface area contributed by atoms with Crippen LogP contribution in [0.5, 0.6) is 0 Å². The van der Waals surface area contributed by atoms with E-state index in [1.165, 1.54) is 4.31 Å². The van der Waals surface area contributed by atoms with E-state index in [-0.39, 0.29) is 6.04 Å². The summed E-state index contributed by atoms with van der Waals surface area (Å²) in [5.41, 5.74) is 6.85. The number of sulfonamides is 1. The number of aryl methyl sites for hydroxylation is 1. The highest BCUT2D eigenvalue weighted by Gasteiger charge is 2.30. The molecule has 1 aromatic carbocycles. The zero-order chi connectivity index (χ0) is 14.2. The smallest absolute Gasteiger partial charge is 0.244 e. The molecule has 1 heterocycles. The Bertz CT molecular complexity index is 590. The lowest BCUT2D eigenvalue weighted by Crippen LogP contribution is -2.45. The Kier molecular flexibility index (Phi) is 4.72. The van der Waals surface area contributed by atoms with Crippen LogP contribution >= 0.6 is 31.9 Å². The molecule has 0 unspecified atom stereocenters. The third-order valence-electron chi connectivity index (χ3n) is 3.25. The van der Waals surface area contributed by atoms with Gasteiger partial charge in [0.25, 0.3) is 0 Å². The molecule has 0 saturated carbocycles. The molecule has 1 atom stereocenters. The summed E-state index contributed by atoms with van der Waals surface area (Å²) in [6, 6.07) is 3.38. The first-order chi connectivity index (χ1) is 8.82. The average molecular weight is 412 g/mol. The van der Waals surface area contributed by atoms with Crippen LogP contribution in [0.2, 0.25) is 0 Å². The SMILES string of the molecule is Cc1cc(Br)c(S(=O)(=O)N2CCC[C@@H](N)C2)cc1Br. The van der Waals surface area contributed by atoms with E-state index >= 15 is 0 Å². The molecule has 1 aliphatic heterocycles. The van der Waals surface area contributed by atoms with Crippen molar-refractivity contribution in [3.63, 3.8) is 0 Å². The van der Waals surface area contributed by atoms with Crippen molar-refractivity contribution in [1.82, 2.24) is 4.31 Å². The van der Waals surface area contributed by atoms with Gasteiger partial charge in [0.05, 0.1) is 4.90 Å². The molecule has 7 heteroatoms. The van der Waals surface area contributed by atoms with Gasteiger partial charge in [0, 0.05) is 28.1 Å². The van der Waals surface area contributed by atoms with Gasteiger partial charge in [-0.15, -0.1) is 0 Å². The zero-order valence-corrected chi connectivity index (χ0v) is 14.6. The van der Waals surface area contributed by atoms with E-state index in [1.54, 1.807) is 12.1 Å². The lowest BCUT2D eigenvalue weighted by atomic mass is 10.1. The van der Waals surface area contributed by atoms with E-state index < -0.39 is 10.0 Å². The van der Waals surface area contributed by atoms with E-state index in [9.17, 15) is 8.42 Å². The molecule has 0 bridgehead atoms. The van der Waals surface area contributed by atoms with Crippen molar-refractivity contribution >= 4 is 41.9 Å². The first-order valence-electron chi connectivity index (χ1n) is 6.03. The van der Waals surface area contributed by atoms with Crippen molar-refractivity contribution in [3.8, 4) is 0 Å². The summed E-state index contributed by atoms with van der Waals surface area (Å²) in [6.45, 7) is 2.84. The summed E-state index contributed by atoms with van der Waals surface area (Å²) >= 11 is 6.72. The van der Waals surface area contributed by atoms with Crippen LogP contribution < -0.4 is 5.73 Å². The molecule has 2 rings (SSSR count). The van der Waals surface area contributed by atoms with Gasteiger partial charge in [-0.3, -0.25) is 0 Å². The Morgan fingerprint density at radius 1 is 1.32 bits per heavy atom. The first-order valence-corrected chi connectivity index (χ1v) is 9.06. The van der Waals surface area contributed by atoms with Crippen molar-refractivity contribution in [2.24, 2.45) is 5.73 Å². The highest BCUT2D eigenvalue weighted by atomic mass is 79.9. The number of hydrogen-bond acceptors (Lipinski definition) is 3. The Balaban J connectivity index is 2.42. The van der Waals surface area contributed by atoms with Crippen LogP contribution in [0.4, 0.5) is 0 Å². The minimum absolute atomic E-state index is 0.0730. The van der Waals surface area contributed by atoms with Crippen LogP contribution in [0.25, 0.3) is 0 Å². The molecule has 1 aliphatic rings. The molecular weight excluding hydrogens is 396 g/mol.